The van der Waals surface area contributed by atoms with Crippen molar-refractivity contribution in [3.63, 3.8) is 0 Å². The third-order valence-electron chi connectivity index (χ3n) is 5.75. The van der Waals surface area contributed by atoms with Crippen LogP contribution in [0, 0.1) is 18.3 Å². The Hall–Kier alpha value is -2.57. The van der Waals surface area contributed by atoms with Gasteiger partial charge in [-0.3, -0.25) is 4.79 Å². The van der Waals surface area contributed by atoms with E-state index in [0.717, 1.165) is 35.8 Å². The first kappa shape index (κ1) is 19.7. The molecule has 1 aliphatic heterocycles. The van der Waals surface area contributed by atoms with Gasteiger partial charge in [0.1, 0.15) is 0 Å². The molecule has 2 aromatic rings. The summed E-state index contributed by atoms with van der Waals surface area (Å²) >= 11 is 0. The Bertz CT molecular complexity index is 915. The smallest absolute Gasteiger partial charge is 0.226 e. The minimum absolute atomic E-state index is 0.0433. The van der Waals surface area contributed by atoms with Gasteiger partial charge < -0.3 is 19.5 Å². The molecule has 0 aromatic carbocycles. The van der Waals surface area contributed by atoms with Crippen molar-refractivity contribution in [1.82, 2.24) is 10.1 Å². The van der Waals surface area contributed by atoms with Gasteiger partial charge in [0.05, 0.1) is 30.7 Å². The number of ether oxygens (including phenoxy) is 1. The maximum Gasteiger partial charge on any atom is 0.226 e. The highest BCUT2D eigenvalue weighted by Gasteiger charge is 2.41. The third kappa shape index (κ3) is 4.09. The number of methoxy groups -OCH3 is 1. The number of anilines is 2. The molecule has 0 unspecified atom stereocenters. The van der Waals surface area contributed by atoms with Crippen LogP contribution < -0.4 is 15.0 Å². The van der Waals surface area contributed by atoms with Crippen LogP contribution in [-0.4, -0.2) is 29.7 Å². The third-order valence-corrected chi connectivity index (χ3v) is 5.75. The van der Waals surface area contributed by atoms with Gasteiger partial charge in [-0.05, 0) is 31.1 Å². The molecule has 0 bridgehead atoms. The highest BCUT2D eigenvalue weighted by Crippen LogP contribution is 2.51. The second-order valence-corrected chi connectivity index (χ2v) is 9.49. The van der Waals surface area contributed by atoms with Crippen molar-refractivity contribution in [2.45, 2.75) is 59.4 Å². The standard InChI is InChI=1S/C22H30N4O3/c1-13-8-15(29-25-13)12-26-11-14-6-7-16(14)20-17(26)9-18(28-5)21(24-20)23-19(27)10-22(2,3)4/h8-9,14,16H,6-7,10-12H2,1-5H3,(H,23,24,27)/t14-,16-/m0/s1. The van der Waals surface area contributed by atoms with E-state index in [1.165, 1.54) is 6.42 Å². The van der Waals surface area contributed by atoms with Crippen LogP contribution in [0.25, 0.3) is 0 Å². The molecule has 0 spiro atoms. The maximum atomic E-state index is 12.5. The number of nitrogens with zero attached hydrogens (tertiary/aromatic N) is 3. The molecule has 3 heterocycles. The Morgan fingerprint density at radius 2 is 2.14 bits per heavy atom. The number of aromatic nitrogens is 2. The number of hydrogen-bond acceptors (Lipinski definition) is 6. The van der Waals surface area contributed by atoms with Crippen molar-refractivity contribution in [3.05, 3.63) is 29.3 Å². The Morgan fingerprint density at radius 1 is 1.34 bits per heavy atom. The first-order chi connectivity index (χ1) is 13.7. The van der Waals surface area contributed by atoms with Crippen LogP contribution in [0.5, 0.6) is 5.75 Å². The van der Waals surface area contributed by atoms with Crippen molar-refractivity contribution in [2.75, 3.05) is 23.9 Å². The molecule has 1 aliphatic carbocycles. The highest BCUT2D eigenvalue weighted by molar-refractivity contribution is 5.92. The molecule has 7 nitrogen and oxygen atoms in total. The fraction of sp³-hybridized carbons (Fsp3) is 0.591. The normalized spacial score (nSPS) is 20.5. The number of aryl methyl sites for hydroxylation is 1. The molecule has 2 aliphatic rings. The van der Waals surface area contributed by atoms with E-state index < -0.39 is 0 Å². The van der Waals surface area contributed by atoms with E-state index in [4.69, 9.17) is 14.2 Å². The van der Waals surface area contributed by atoms with Crippen molar-refractivity contribution >= 4 is 17.4 Å². The predicted octanol–water partition coefficient (Wildman–Crippen LogP) is 4.28. The van der Waals surface area contributed by atoms with Gasteiger partial charge in [-0.2, -0.15) is 0 Å². The number of fused-ring (bicyclic) bond motifs is 3. The van der Waals surface area contributed by atoms with Crippen LogP contribution in [-0.2, 0) is 11.3 Å². The molecule has 0 saturated heterocycles. The Balaban J connectivity index is 1.65. The number of nitrogens with one attached hydrogen (secondary N) is 1. The Labute approximate surface area is 171 Å². The lowest BCUT2D eigenvalue weighted by atomic mass is 9.69. The van der Waals surface area contributed by atoms with Crippen molar-refractivity contribution in [2.24, 2.45) is 11.3 Å². The maximum absolute atomic E-state index is 12.5. The van der Waals surface area contributed by atoms with Crippen LogP contribution in [0.4, 0.5) is 11.5 Å². The van der Waals surface area contributed by atoms with Gasteiger partial charge in [0.15, 0.2) is 17.3 Å². The van der Waals surface area contributed by atoms with E-state index >= 15 is 0 Å². The zero-order valence-corrected chi connectivity index (χ0v) is 17.9. The number of pyridine rings is 1. The Morgan fingerprint density at radius 3 is 2.72 bits per heavy atom. The number of rotatable bonds is 5. The minimum atomic E-state index is -0.0867. The van der Waals surface area contributed by atoms with Gasteiger partial charge in [0.2, 0.25) is 5.91 Å². The molecule has 29 heavy (non-hydrogen) atoms. The van der Waals surface area contributed by atoms with Crippen LogP contribution in [0.2, 0.25) is 0 Å². The first-order valence-corrected chi connectivity index (χ1v) is 10.3. The van der Waals surface area contributed by atoms with Crippen molar-refractivity contribution in [3.8, 4) is 5.75 Å². The monoisotopic (exact) mass is 398 g/mol. The summed E-state index contributed by atoms with van der Waals surface area (Å²) in [6.45, 7) is 9.69. The van der Waals surface area contributed by atoms with Gasteiger partial charge in [-0.25, -0.2) is 4.98 Å². The fourth-order valence-electron chi connectivity index (χ4n) is 4.29. The van der Waals surface area contributed by atoms with E-state index in [0.29, 0.717) is 36.4 Å². The molecular weight excluding hydrogens is 368 g/mol. The molecule has 7 heteroatoms. The predicted molar refractivity (Wildman–Crippen MR) is 111 cm³/mol. The van der Waals surface area contributed by atoms with Crippen LogP contribution in [0.1, 0.15) is 63.1 Å². The summed E-state index contributed by atoms with van der Waals surface area (Å²) < 4.78 is 11.0. The van der Waals surface area contributed by atoms with Crippen LogP contribution >= 0.6 is 0 Å². The van der Waals surface area contributed by atoms with E-state index in [9.17, 15) is 4.79 Å². The zero-order chi connectivity index (χ0) is 20.8. The molecule has 2 aromatic heterocycles. The largest absolute Gasteiger partial charge is 0.493 e. The fourth-order valence-corrected chi connectivity index (χ4v) is 4.29. The minimum Gasteiger partial charge on any atom is -0.493 e. The van der Waals surface area contributed by atoms with E-state index in [1.807, 2.05) is 39.8 Å². The lowest BCUT2D eigenvalue weighted by Gasteiger charge is -2.46. The number of carbonyl (C=O) groups is 1. The molecule has 0 radical (unpaired) electrons. The summed E-state index contributed by atoms with van der Waals surface area (Å²) in [6.07, 6.45) is 2.77. The topological polar surface area (TPSA) is 80.5 Å². The lowest BCUT2D eigenvalue weighted by molar-refractivity contribution is -0.117. The molecule has 4 rings (SSSR count). The van der Waals surface area contributed by atoms with E-state index in [-0.39, 0.29) is 11.3 Å². The molecule has 1 fully saturated rings. The molecule has 2 atom stereocenters. The summed E-state index contributed by atoms with van der Waals surface area (Å²) in [5.74, 6) is 2.93. The summed E-state index contributed by atoms with van der Waals surface area (Å²) in [7, 11) is 1.61. The van der Waals surface area contributed by atoms with Gasteiger partial charge in [0.25, 0.3) is 0 Å². The second kappa shape index (κ2) is 7.35. The van der Waals surface area contributed by atoms with Gasteiger partial charge >= 0.3 is 0 Å². The first-order valence-electron chi connectivity index (χ1n) is 10.3. The molecule has 1 amide bonds. The van der Waals surface area contributed by atoms with Gasteiger partial charge in [-0.15, -0.1) is 0 Å². The molecule has 156 valence electrons. The average molecular weight is 399 g/mol. The number of amides is 1. The van der Waals surface area contributed by atoms with Gasteiger partial charge in [0, 0.05) is 31.0 Å². The Kier molecular flexibility index (Phi) is 5.00. The summed E-state index contributed by atoms with van der Waals surface area (Å²) in [6, 6.07) is 3.98. The van der Waals surface area contributed by atoms with E-state index in [1.54, 1.807) is 7.11 Å². The lowest BCUT2D eigenvalue weighted by Crippen LogP contribution is -2.42. The van der Waals surface area contributed by atoms with Crippen LogP contribution in [0.15, 0.2) is 16.7 Å². The molecule has 1 N–H and O–H groups in total. The summed E-state index contributed by atoms with van der Waals surface area (Å²) in [4.78, 5) is 19.7. The molecular formula is C22H30N4O3. The van der Waals surface area contributed by atoms with Gasteiger partial charge in [-0.1, -0.05) is 25.9 Å². The SMILES string of the molecule is COc1cc2c(nc1NC(=O)CC(C)(C)C)[C@H]1CC[C@H]1CN2Cc1cc(C)no1. The van der Waals surface area contributed by atoms with Crippen molar-refractivity contribution in [1.29, 1.82) is 0 Å². The summed E-state index contributed by atoms with van der Waals surface area (Å²) in [5.41, 5.74) is 2.91. The number of carbonyl (C=O) groups excluding carboxylic acids is 1. The van der Waals surface area contributed by atoms with Crippen LogP contribution in [0.3, 0.4) is 0 Å². The second-order valence-electron chi connectivity index (χ2n) is 9.49. The average Bonchev–Trinajstić information content (AvgIpc) is 3.00. The number of hydrogen-bond donors (Lipinski definition) is 1. The summed E-state index contributed by atoms with van der Waals surface area (Å²) in [5, 5.41) is 6.98. The van der Waals surface area contributed by atoms with E-state index in [2.05, 4.69) is 15.4 Å². The quantitative estimate of drug-likeness (QED) is 0.810. The van der Waals surface area contributed by atoms with Crippen molar-refractivity contribution < 1.29 is 14.1 Å². The molecule has 1 saturated carbocycles. The zero-order valence-electron chi connectivity index (χ0n) is 17.9. The highest BCUT2D eigenvalue weighted by atomic mass is 16.5.